The topological polar surface area (TPSA) is 0 Å². The van der Waals surface area contributed by atoms with E-state index in [1.165, 1.54) is 6.42 Å². The second-order valence-electron chi connectivity index (χ2n) is 7.26. The van der Waals surface area contributed by atoms with Crippen molar-refractivity contribution in [1.29, 1.82) is 0 Å². The Hall–Kier alpha value is 1.40. The first kappa shape index (κ1) is 14.0. The summed E-state index contributed by atoms with van der Waals surface area (Å²) in [5, 5.41) is 0. The summed E-state index contributed by atoms with van der Waals surface area (Å²) in [7, 11) is 0. The maximum absolute atomic E-state index is 4.63. The van der Waals surface area contributed by atoms with Crippen molar-refractivity contribution in [2.45, 2.75) is 6.42 Å². The summed E-state index contributed by atoms with van der Waals surface area (Å²) in [6, 6.07) is 0. The maximum Gasteiger partial charge on any atom is -0.00636 e. The van der Waals surface area contributed by atoms with Gasteiger partial charge in [-0.05, 0) is 88.6 Å². The molecule has 2 bridgehead atoms. The molecule has 4 heteroatoms. The molecule has 4 aliphatic rings. The predicted octanol–water partition coefficient (Wildman–Crippen LogP) is 3.31. The molecule has 0 aliphatic heterocycles. The highest BCUT2D eigenvalue weighted by Gasteiger charge is 2.73. The van der Waals surface area contributed by atoms with Crippen LogP contribution in [0.15, 0.2) is 0 Å². The average molecular weight is 333 g/mol. The zero-order valence-electron chi connectivity index (χ0n) is 11.1. The molecular weight excluding hydrogens is 308 g/mol. The molecule has 0 heterocycles. The molecule has 4 aliphatic carbocycles. The van der Waals surface area contributed by atoms with E-state index in [9.17, 15) is 0 Å². The molecule has 0 nitrogen and oxygen atoms in total. The first-order chi connectivity index (χ1) is 9.28. The fourth-order valence-corrected chi connectivity index (χ4v) is 8.95. The van der Waals surface area contributed by atoms with E-state index < -0.39 is 0 Å². The maximum atomic E-state index is 4.63. The van der Waals surface area contributed by atoms with Gasteiger partial charge in [-0.1, -0.05) is 0 Å². The molecule has 4 rings (SSSR count). The number of hydrogen-bond donors (Lipinski definition) is 4. The van der Waals surface area contributed by atoms with Gasteiger partial charge in [0.05, 0.1) is 0 Å². The number of rotatable bonds is 4. The Morgan fingerprint density at radius 2 is 0.789 bits per heavy atom. The minimum Gasteiger partial charge on any atom is -0.179 e. The van der Waals surface area contributed by atoms with Crippen LogP contribution in [0.1, 0.15) is 6.42 Å². The first-order valence-corrected chi connectivity index (χ1v) is 10.2. The zero-order valence-corrected chi connectivity index (χ0v) is 14.7. The number of thiol groups is 4. The summed E-state index contributed by atoms with van der Waals surface area (Å²) in [6.07, 6.45) is 1.51. The van der Waals surface area contributed by atoms with Gasteiger partial charge in [-0.3, -0.25) is 0 Å². The van der Waals surface area contributed by atoms with Crippen molar-refractivity contribution in [2.75, 3.05) is 23.0 Å². The summed E-state index contributed by atoms with van der Waals surface area (Å²) in [4.78, 5) is 0. The molecule has 0 spiro atoms. The Balaban J connectivity index is 1.60. The third-order valence-corrected chi connectivity index (χ3v) is 9.02. The van der Waals surface area contributed by atoms with Crippen molar-refractivity contribution in [2.24, 2.45) is 59.2 Å². The molecule has 108 valence electrons. The Labute approximate surface area is 138 Å². The second kappa shape index (κ2) is 4.96. The summed E-state index contributed by atoms with van der Waals surface area (Å²) in [6.45, 7) is 0. The quantitative estimate of drug-likeness (QED) is 0.558. The van der Waals surface area contributed by atoms with Crippen LogP contribution in [0.4, 0.5) is 0 Å². The van der Waals surface area contributed by atoms with Crippen molar-refractivity contribution in [1.82, 2.24) is 0 Å². The minimum absolute atomic E-state index is 0.859. The van der Waals surface area contributed by atoms with Gasteiger partial charge in [-0.2, -0.15) is 50.5 Å². The fourth-order valence-electron chi connectivity index (χ4n) is 6.89. The van der Waals surface area contributed by atoms with Crippen LogP contribution < -0.4 is 0 Å². The molecule has 19 heavy (non-hydrogen) atoms. The van der Waals surface area contributed by atoms with E-state index in [1.54, 1.807) is 0 Å². The van der Waals surface area contributed by atoms with Gasteiger partial charge in [0.1, 0.15) is 0 Å². The van der Waals surface area contributed by atoms with Gasteiger partial charge >= 0.3 is 0 Å². The van der Waals surface area contributed by atoms with E-state index in [0.29, 0.717) is 0 Å². The highest BCUT2D eigenvalue weighted by Crippen LogP contribution is 2.76. The van der Waals surface area contributed by atoms with Gasteiger partial charge in [0, 0.05) is 0 Å². The smallest absolute Gasteiger partial charge is 0.00636 e. The monoisotopic (exact) mass is 332 g/mol. The average Bonchev–Trinajstić information content (AvgIpc) is 2.80. The Kier molecular flexibility index (Phi) is 3.66. The molecule has 0 N–H and O–H groups in total. The van der Waals surface area contributed by atoms with Gasteiger partial charge in [-0.25, -0.2) is 0 Å². The number of fused-ring (bicyclic) bond motifs is 8. The third kappa shape index (κ3) is 1.56. The van der Waals surface area contributed by atoms with Crippen LogP contribution in [0, 0.1) is 59.2 Å². The Bertz CT molecular complexity index is 307. The van der Waals surface area contributed by atoms with Crippen LogP contribution in [0.2, 0.25) is 0 Å². The van der Waals surface area contributed by atoms with Gasteiger partial charge in [-0.15, -0.1) is 0 Å². The van der Waals surface area contributed by atoms with Crippen LogP contribution >= 0.6 is 50.5 Å². The van der Waals surface area contributed by atoms with Crippen LogP contribution in [-0.2, 0) is 0 Å². The lowest BCUT2D eigenvalue weighted by Gasteiger charge is -2.65. The zero-order chi connectivity index (χ0) is 13.3. The van der Waals surface area contributed by atoms with Crippen molar-refractivity contribution in [3.63, 3.8) is 0 Å². The van der Waals surface area contributed by atoms with Crippen molar-refractivity contribution in [3.8, 4) is 0 Å². The van der Waals surface area contributed by atoms with Gasteiger partial charge in [0.25, 0.3) is 0 Å². The highest BCUT2D eigenvalue weighted by molar-refractivity contribution is 7.80. The highest BCUT2D eigenvalue weighted by atomic mass is 32.1. The second-order valence-corrected chi connectivity index (χ2v) is 8.72. The van der Waals surface area contributed by atoms with Crippen molar-refractivity contribution < 1.29 is 0 Å². The number of hydrogen-bond acceptors (Lipinski definition) is 4. The fraction of sp³-hybridized carbons (Fsp3) is 1.00. The molecule has 4 saturated carbocycles. The molecule has 10 atom stereocenters. The van der Waals surface area contributed by atoms with Crippen LogP contribution in [0.3, 0.4) is 0 Å². The lowest BCUT2D eigenvalue weighted by Crippen LogP contribution is -2.63. The molecule has 0 aromatic rings. The molecule has 6 unspecified atom stereocenters. The van der Waals surface area contributed by atoms with E-state index >= 15 is 0 Å². The molecule has 0 aromatic heterocycles. The van der Waals surface area contributed by atoms with Gasteiger partial charge in [0.2, 0.25) is 0 Å². The standard InChI is InChI=1S/C15H24S4/c16-2-8-9(3-17)13-7-1-6(12(8)13)14-10(4-18)11(5-19)15(7)14/h6-19H,1-5H2/t6?,7?,8?,9?,10?,11?,12-,13+,14+,15-. The van der Waals surface area contributed by atoms with E-state index in [4.69, 9.17) is 0 Å². The molecule has 4 fully saturated rings. The normalized spacial score (nSPS) is 61.3. The van der Waals surface area contributed by atoms with E-state index in [2.05, 4.69) is 50.5 Å². The first-order valence-electron chi connectivity index (χ1n) is 7.71. The van der Waals surface area contributed by atoms with Crippen LogP contribution in [0.25, 0.3) is 0 Å². The van der Waals surface area contributed by atoms with Crippen molar-refractivity contribution >= 4 is 50.5 Å². The molecule has 0 aromatic carbocycles. The van der Waals surface area contributed by atoms with E-state index in [1.807, 2.05) is 0 Å². The molecule has 0 radical (unpaired) electrons. The third-order valence-electron chi connectivity index (χ3n) is 7.33. The van der Waals surface area contributed by atoms with E-state index in [-0.39, 0.29) is 0 Å². The van der Waals surface area contributed by atoms with Crippen LogP contribution in [0.5, 0.6) is 0 Å². The Morgan fingerprint density at radius 3 is 1.00 bits per heavy atom. The molecule has 0 amide bonds. The van der Waals surface area contributed by atoms with Gasteiger partial charge in [0.15, 0.2) is 0 Å². The minimum atomic E-state index is 0.859. The largest absolute Gasteiger partial charge is 0.179 e. The lowest BCUT2D eigenvalue weighted by molar-refractivity contribution is -0.153. The summed E-state index contributed by atoms with van der Waals surface area (Å²) >= 11 is 18.5. The van der Waals surface area contributed by atoms with E-state index in [0.717, 1.165) is 82.2 Å². The summed E-state index contributed by atoms with van der Waals surface area (Å²) in [5.74, 6) is 13.7. The van der Waals surface area contributed by atoms with Crippen molar-refractivity contribution in [3.05, 3.63) is 0 Å². The Morgan fingerprint density at radius 1 is 0.526 bits per heavy atom. The van der Waals surface area contributed by atoms with Gasteiger partial charge < -0.3 is 0 Å². The molecular formula is C15H24S4. The summed E-state index contributed by atoms with van der Waals surface area (Å²) < 4.78 is 0. The lowest BCUT2D eigenvalue weighted by atomic mass is 9.41. The summed E-state index contributed by atoms with van der Waals surface area (Å²) in [5.41, 5.74) is 0. The van der Waals surface area contributed by atoms with Crippen LogP contribution in [-0.4, -0.2) is 23.0 Å². The molecule has 0 saturated heterocycles. The predicted molar refractivity (Wildman–Crippen MR) is 94.9 cm³/mol. The SMILES string of the molecule is SCC1C(CS)[C@H]2C3CC([C@@H]12)[C@@H]1C(CS)C(CS)[C@H]31.